The van der Waals surface area contributed by atoms with Crippen LogP contribution in [0.2, 0.25) is 0 Å². The third-order valence-electron chi connectivity index (χ3n) is 10.0. The van der Waals surface area contributed by atoms with Gasteiger partial charge in [-0.1, -0.05) is 12.0 Å². The number of rotatable bonds is 7. The number of benzene rings is 3. The zero-order valence-electron chi connectivity index (χ0n) is 26.6. The summed E-state index contributed by atoms with van der Waals surface area (Å²) < 4.78 is 69.4. The van der Waals surface area contributed by atoms with Crippen molar-refractivity contribution in [2.75, 3.05) is 45.2 Å². The highest BCUT2D eigenvalue weighted by molar-refractivity contribution is 6.18. The summed E-state index contributed by atoms with van der Waals surface area (Å²) in [5, 5.41) is 20.4. The lowest BCUT2D eigenvalue weighted by molar-refractivity contribution is 0.0288. The molecule has 3 aromatic carbocycles. The van der Waals surface area contributed by atoms with Gasteiger partial charge in [0.1, 0.15) is 35.0 Å². The maximum Gasteiger partial charge on any atom is 0.319 e. The van der Waals surface area contributed by atoms with E-state index in [9.17, 15) is 13.9 Å². The lowest BCUT2D eigenvalue weighted by Gasteiger charge is -2.37. The molecule has 1 aliphatic carbocycles. The Morgan fingerprint density at radius 3 is 2.50 bits per heavy atom. The molecule has 3 aliphatic rings. The number of alkyl halides is 2. The predicted molar refractivity (Wildman–Crippen MR) is 174 cm³/mol. The molecule has 1 saturated carbocycles. The van der Waals surface area contributed by atoms with E-state index in [2.05, 4.69) is 26.2 Å². The van der Waals surface area contributed by atoms with E-state index in [1.165, 1.54) is 24.3 Å². The fraction of sp³-hybridized carbons (Fsp3) is 0.400. The van der Waals surface area contributed by atoms with Crippen molar-refractivity contribution in [3.8, 4) is 35.2 Å². The molecule has 3 atom stereocenters. The second-order valence-electron chi connectivity index (χ2n) is 13.6. The van der Waals surface area contributed by atoms with Crippen molar-refractivity contribution in [1.82, 2.24) is 30.0 Å². The maximum absolute atomic E-state index is 17.4. The minimum atomic E-state index is -2.92. The van der Waals surface area contributed by atoms with Crippen LogP contribution in [-0.2, 0) is 7.05 Å². The van der Waals surface area contributed by atoms with Crippen molar-refractivity contribution >= 4 is 38.4 Å². The van der Waals surface area contributed by atoms with Gasteiger partial charge in [-0.25, -0.2) is 17.6 Å². The molecule has 5 aromatic rings. The molecule has 0 radical (unpaired) electrons. The van der Waals surface area contributed by atoms with Gasteiger partial charge < -0.3 is 25.0 Å². The van der Waals surface area contributed by atoms with Crippen molar-refractivity contribution < 1.29 is 27.4 Å². The van der Waals surface area contributed by atoms with Crippen molar-refractivity contribution in [1.29, 1.82) is 0 Å². The summed E-state index contributed by atoms with van der Waals surface area (Å²) in [6, 6.07) is 5.33. The highest BCUT2D eigenvalue weighted by Gasteiger charge is 2.71. The smallest absolute Gasteiger partial charge is 0.319 e. The third-order valence-corrected chi connectivity index (χ3v) is 10.0. The summed E-state index contributed by atoms with van der Waals surface area (Å²) >= 11 is 0. The first-order valence-electron chi connectivity index (χ1n) is 15.8. The molecule has 2 aromatic heterocycles. The SMILES string of the molecule is C#Cc1c(F)ccc2cc(O)cc(-c3c(F)c4nc(OC[C@]5(CN(C)C)CC5(F)F)nc(N5[C@@H]6CC[C@H]5CNC6)c4c4cn(C)nc34)c12. The van der Waals surface area contributed by atoms with Gasteiger partial charge in [-0.15, -0.1) is 6.42 Å². The van der Waals surface area contributed by atoms with E-state index in [1.807, 2.05) is 0 Å². The van der Waals surface area contributed by atoms with Crippen LogP contribution in [0.4, 0.5) is 23.4 Å². The monoisotopic (exact) mass is 659 g/mol. The molecule has 9 nitrogen and oxygen atoms in total. The van der Waals surface area contributed by atoms with Gasteiger partial charge in [0.2, 0.25) is 0 Å². The average molecular weight is 660 g/mol. The minimum Gasteiger partial charge on any atom is -0.508 e. The first-order chi connectivity index (χ1) is 22.9. The zero-order valence-corrected chi connectivity index (χ0v) is 26.6. The molecule has 3 fully saturated rings. The van der Waals surface area contributed by atoms with Crippen molar-refractivity contribution in [3.63, 3.8) is 0 Å². The number of aromatic nitrogens is 4. The molecule has 0 unspecified atom stereocenters. The number of ether oxygens (including phenoxy) is 1. The second kappa shape index (κ2) is 10.7. The van der Waals surface area contributed by atoms with Crippen LogP contribution in [0.1, 0.15) is 24.8 Å². The molecule has 0 amide bonds. The molecular weight excluding hydrogens is 626 g/mol. The number of phenolic OH excluding ortho intramolecular Hbond substituents is 1. The van der Waals surface area contributed by atoms with Gasteiger partial charge in [0.15, 0.2) is 5.82 Å². The second-order valence-corrected chi connectivity index (χ2v) is 13.6. The summed E-state index contributed by atoms with van der Waals surface area (Å²) in [6.07, 6.45) is 8.94. The van der Waals surface area contributed by atoms with Gasteiger partial charge in [-0.2, -0.15) is 15.1 Å². The molecule has 48 heavy (non-hydrogen) atoms. The summed E-state index contributed by atoms with van der Waals surface area (Å²) in [5.74, 6) is -1.77. The number of nitrogens with one attached hydrogen (secondary N) is 1. The van der Waals surface area contributed by atoms with Crippen LogP contribution >= 0.6 is 0 Å². The number of fused-ring (bicyclic) bond motifs is 6. The van der Waals surface area contributed by atoms with Crippen LogP contribution in [0.3, 0.4) is 0 Å². The molecule has 8 rings (SSSR count). The first kappa shape index (κ1) is 30.7. The first-order valence-corrected chi connectivity index (χ1v) is 15.8. The standard InChI is InChI=1S/C35H33F4N7O2/c1-5-22-25(36)9-6-18-10-21(47)11-23(26(18)22)27-29(37)31-28(24-14-45(4)43-30(24)27)32(46-19-7-8-20(46)13-40-12-19)42-33(41-31)48-17-34(16-44(2)3)15-35(34,38)39/h1,6,9-11,14,19-20,40,47H,7-8,12-13,15-17H2,2-4H3/t19-,20+,34-/m1/s1. The van der Waals surface area contributed by atoms with Gasteiger partial charge in [0.05, 0.1) is 16.4 Å². The number of halogens is 4. The van der Waals surface area contributed by atoms with Crippen molar-refractivity contribution in [2.45, 2.75) is 37.3 Å². The lowest BCUT2D eigenvalue weighted by Crippen LogP contribution is -2.52. The molecule has 4 heterocycles. The Kier molecular flexibility index (Phi) is 6.81. The number of anilines is 1. The molecule has 2 aliphatic heterocycles. The van der Waals surface area contributed by atoms with E-state index in [1.54, 1.807) is 36.9 Å². The number of aromatic hydroxyl groups is 1. The van der Waals surface area contributed by atoms with Crippen LogP contribution in [0, 0.1) is 29.4 Å². The average Bonchev–Trinajstić information content (AvgIpc) is 3.23. The summed E-state index contributed by atoms with van der Waals surface area (Å²) in [5.41, 5.74) is -1.29. The van der Waals surface area contributed by atoms with Gasteiger partial charge in [-0.3, -0.25) is 4.68 Å². The lowest BCUT2D eigenvalue weighted by atomic mass is 9.91. The molecular formula is C35H33F4N7O2. The Hall–Kier alpha value is -4.67. The Bertz CT molecular complexity index is 2180. The van der Waals surface area contributed by atoms with Crippen LogP contribution in [0.5, 0.6) is 11.8 Å². The van der Waals surface area contributed by atoms with Crippen LogP contribution < -0.4 is 15.0 Å². The van der Waals surface area contributed by atoms with E-state index in [4.69, 9.17) is 16.1 Å². The third kappa shape index (κ3) is 4.57. The van der Waals surface area contributed by atoms with Crippen LogP contribution in [-0.4, -0.2) is 88.1 Å². The number of phenols is 1. The normalized spacial score (nSPS) is 23.0. The largest absolute Gasteiger partial charge is 0.508 e. The Labute approximate surface area is 273 Å². The summed E-state index contributed by atoms with van der Waals surface area (Å²) in [7, 11) is 5.15. The molecule has 13 heteroatoms. The van der Waals surface area contributed by atoms with E-state index in [-0.39, 0.29) is 76.5 Å². The van der Waals surface area contributed by atoms with Crippen LogP contribution in [0.15, 0.2) is 30.5 Å². The summed E-state index contributed by atoms with van der Waals surface area (Å²) in [4.78, 5) is 13.2. The predicted octanol–water partition coefficient (Wildman–Crippen LogP) is 5.21. The van der Waals surface area contributed by atoms with Gasteiger partial charge in [0, 0.05) is 67.7 Å². The Morgan fingerprint density at radius 2 is 1.83 bits per heavy atom. The molecule has 2 saturated heterocycles. The number of aryl methyl sites for hydroxylation is 1. The van der Waals surface area contributed by atoms with Gasteiger partial charge >= 0.3 is 6.01 Å². The molecule has 248 valence electrons. The van der Waals surface area contributed by atoms with E-state index < -0.39 is 23.0 Å². The Balaban J connectivity index is 1.41. The van der Waals surface area contributed by atoms with Crippen molar-refractivity contribution in [2.24, 2.45) is 12.5 Å². The molecule has 0 spiro atoms. The fourth-order valence-electron chi connectivity index (χ4n) is 7.86. The number of hydrogen-bond acceptors (Lipinski definition) is 8. The number of nitrogens with zero attached hydrogens (tertiary/aromatic N) is 6. The highest BCUT2D eigenvalue weighted by atomic mass is 19.3. The number of hydrogen-bond donors (Lipinski definition) is 2. The molecule has 2 N–H and O–H groups in total. The quantitative estimate of drug-likeness (QED) is 0.182. The number of piperazine rings is 1. The molecule has 2 bridgehead atoms. The number of terminal acetylenes is 1. The van der Waals surface area contributed by atoms with E-state index in [0.717, 1.165) is 12.8 Å². The minimum absolute atomic E-state index is 0.0437. The summed E-state index contributed by atoms with van der Waals surface area (Å²) in [6.45, 7) is 1.13. The maximum atomic E-state index is 17.4. The van der Waals surface area contributed by atoms with Crippen LogP contribution in [0.25, 0.3) is 43.7 Å². The van der Waals surface area contributed by atoms with Gasteiger partial charge in [0.25, 0.3) is 5.92 Å². The Morgan fingerprint density at radius 1 is 1.10 bits per heavy atom. The van der Waals surface area contributed by atoms with E-state index in [0.29, 0.717) is 35.1 Å². The zero-order chi connectivity index (χ0) is 33.7. The van der Waals surface area contributed by atoms with Crippen molar-refractivity contribution in [3.05, 3.63) is 47.7 Å². The highest BCUT2D eigenvalue weighted by Crippen LogP contribution is 2.60. The fourth-order valence-corrected chi connectivity index (χ4v) is 7.86. The van der Waals surface area contributed by atoms with E-state index >= 15 is 8.78 Å². The van der Waals surface area contributed by atoms with Gasteiger partial charge in [-0.05, 0) is 56.1 Å². The topological polar surface area (TPSA) is 91.6 Å².